The molecule has 25 heavy (non-hydrogen) atoms. The summed E-state index contributed by atoms with van der Waals surface area (Å²) in [6.45, 7) is 1.58. The van der Waals surface area contributed by atoms with E-state index in [1.165, 1.54) is 5.69 Å². The van der Waals surface area contributed by atoms with Crippen molar-refractivity contribution in [3.8, 4) is 0 Å². The molecule has 7 heteroatoms. The molecule has 0 saturated heterocycles. The fraction of sp³-hybridized carbons (Fsp3) is 0.333. The van der Waals surface area contributed by atoms with Crippen LogP contribution in [0.5, 0.6) is 0 Å². The standard InChI is InChI=1S/C18H23BrN6/c1-20-18(24(3)13-16-10-14(19)11-23(16)2)21-8-7-15-12-25-9-5-4-6-17(25)22-15/h4-6,9-12H,7-8,13H2,1-3H3,(H,20,21). The zero-order valence-electron chi connectivity index (χ0n) is 14.8. The number of pyridine rings is 1. The number of aromatic nitrogens is 3. The molecule has 0 atom stereocenters. The molecule has 0 amide bonds. The second-order valence-corrected chi connectivity index (χ2v) is 6.95. The Morgan fingerprint density at radius 3 is 2.88 bits per heavy atom. The summed E-state index contributed by atoms with van der Waals surface area (Å²) in [5, 5.41) is 3.41. The Labute approximate surface area is 156 Å². The van der Waals surface area contributed by atoms with Crippen molar-refractivity contribution in [2.24, 2.45) is 12.0 Å². The van der Waals surface area contributed by atoms with Crippen molar-refractivity contribution in [3.63, 3.8) is 0 Å². The van der Waals surface area contributed by atoms with Crippen molar-refractivity contribution in [2.45, 2.75) is 13.0 Å². The van der Waals surface area contributed by atoms with Gasteiger partial charge < -0.3 is 19.2 Å². The third-order valence-corrected chi connectivity index (χ3v) is 4.56. The third-order valence-electron chi connectivity index (χ3n) is 4.13. The smallest absolute Gasteiger partial charge is 0.193 e. The van der Waals surface area contributed by atoms with Crippen LogP contribution in [0, 0.1) is 0 Å². The summed E-state index contributed by atoms with van der Waals surface area (Å²) in [4.78, 5) is 11.1. The highest BCUT2D eigenvalue weighted by Gasteiger charge is 2.10. The minimum absolute atomic E-state index is 0.788. The van der Waals surface area contributed by atoms with Crippen LogP contribution in [0.2, 0.25) is 0 Å². The average molecular weight is 403 g/mol. The Morgan fingerprint density at radius 1 is 1.36 bits per heavy atom. The molecular weight excluding hydrogens is 380 g/mol. The van der Waals surface area contributed by atoms with Crippen LogP contribution in [0.15, 0.2) is 52.3 Å². The zero-order chi connectivity index (χ0) is 17.8. The normalized spacial score (nSPS) is 11.9. The molecule has 6 nitrogen and oxygen atoms in total. The number of nitrogens with zero attached hydrogens (tertiary/aromatic N) is 5. The monoisotopic (exact) mass is 402 g/mol. The van der Waals surface area contributed by atoms with Crippen LogP contribution in [0.4, 0.5) is 0 Å². The molecule has 0 aromatic carbocycles. The second kappa shape index (κ2) is 7.74. The van der Waals surface area contributed by atoms with Crippen LogP contribution in [-0.2, 0) is 20.0 Å². The Hall–Kier alpha value is -2.28. The highest BCUT2D eigenvalue weighted by molar-refractivity contribution is 9.10. The van der Waals surface area contributed by atoms with Crippen LogP contribution in [-0.4, -0.2) is 45.5 Å². The molecule has 0 spiro atoms. The lowest BCUT2D eigenvalue weighted by molar-refractivity contribution is 0.462. The van der Waals surface area contributed by atoms with Gasteiger partial charge in [0.05, 0.1) is 12.2 Å². The Balaban J connectivity index is 1.55. The van der Waals surface area contributed by atoms with E-state index in [-0.39, 0.29) is 0 Å². The van der Waals surface area contributed by atoms with E-state index in [2.05, 4.69) is 59.2 Å². The highest BCUT2D eigenvalue weighted by Crippen LogP contribution is 2.15. The van der Waals surface area contributed by atoms with E-state index >= 15 is 0 Å². The number of halogens is 1. The van der Waals surface area contributed by atoms with Crippen molar-refractivity contribution in [1.82, 2.24) is 24.2 Å². The molecule has 0 fully saturated rings. The van der Waals surface area contributed by atoms with Gasteiger partial charge in [0.2, 0.25) is 0 Å². The first kappa shape index (κ1) is 17.5. The summed E-state index contributed by atoms with van der Waals surface area (Å²) < 4.78 is 5.25. The van der Waals surface area contributed by atoms with Gasteiger partial charge in [-0.05, 0) is 34.1 Å². The van der Waals surface area contributed by atoms with Crippen LogP contribution in [0.3, 0.4) is 0 Å². The van der Waals surface area contributed by atoms with Gasteiger partial charge in [-0.2, -0.15) is 0 Å². The molecule has 3 aromatic rings. The second-order valence-electron chi connectivity index (χ2n) is 6.04. The van der Waals surface area contributed by atoms with E-state index in [0.717, 1.165) is 41.3 Å². The predicted molar refractivity (Wildman–Crippen MR) is 105 cm³/mol. The molecule has 1 N–H and O–H groups in total. The molecule has 3 aromatic heterocycles. The first-order valence-corrected chi connectivity index (χ1v) is 9.01. The maximum atomic E-state index is 4.62. The Kier molecular flexibility index (Phi) is 5.43. The third kappa shape index (κ3) is 4.22. The lowest BCUT2D eigenvalue weighted by atomic mass is 10.3. The number of hydrogen-bond acceptors (Lipinski definition) is 2. The lowest BCUT2D eigenvalue weighted by Crippen LogP contribution is -2.39. The summed E-state index contributed by atoms with van der Waals surface area (Å²) in [6.07, 6.45) is 7.00. The number of aliphatic imine (C=N–C) groups is 1. The van der Waals surface area contributed by atoms with Crippen LogP contribution in [0.25, 0.3) is 5.65 Å². The molecule has 0 aliphatic heterocycles. The summed E-state index contributed by atoms with van der Waals surface area (Å²) in [7, 11) is 5.90. The number of hydrogen-bond donors (Lipinski definition) is 1. The fourth-order valence-corrected chi connectivity index (χ4v) is 3.41. The van der Waals surface area contributed by atoms with Crippen LogP contribution < -0.4 is 5.32 Å². The predicted octanol–water partition coefficient (Wildman–Crippen LogP) is 2.69. The topological polar surface area (TPSA) is 49.9 Å². The molecular formula is C18H23BrN6. The number of guanidine groups is 1. The maximum absolute atomic E-state index is 4.62. The molecule has 0 aliphatic carbocycles. The van der Waals surface area contributed by atoms with Gasteiger partial charge in [0, 0.05) is 62.9 Å². The van der Waals surface area contributed by atoms with Gasteiger partial charge in [0.15, 0.2) is 5.96 Å². The summed E-state index contributed by atoms with van der Waals surface area (Å²) in [5.74, 6) is 0.876. The van der Waals surface area contributed by atoms with Gasteiger partial charge in [-0.1, -0.05) is 6.07 Å². The van der Waals surface area contributed by atoms with Crippen molar-refractivity contribution in [2.75, 3.05) is 20.6 Å². The number of nitrogens with one attached hydrogen (secondary N) is 1. The first-order chi connectivity index (χ1) is 12.1. The number of aryl methyl sites for hydroxylation is 1. The number of rotatable bonds is 5. The quantitative estimate of drug-likeness (QED) is 0.527. The van der Waals surface area contributed by atoms with E-state index in [1.807, 2.05) is 49.9 Å². The molecule has 3 rings (SSSR count). The molecule has 0 unspecified atom stereocenters. The van der Waals surface area contributed by atoms with Crippen molar-refractivity contribution in [1.29, 1.82) is 0 Å². The van der Waals surface area contributed by atoms with Gasteiger partial charge in [-0.3, -0.25) is 4.99 Å². The molecule has 0 aliphatic rings. The van der Waals surface area contributed by atoms with Gasteiger partial charge in [0.25, 0.3) is 0 Å². The van der Waals surface area contributed by atoms with Crippen LogP contribution in [0.1, 0.15) is 11.4 Å². The number of fused-ring (bicyclic) bond motifs is 1. The Bertz CT molecular complexity index is 846. The summed E-state index contributed by atoms with van der Waals surface area (Å²) >= 11 is 3.52. The molecule has 0 bridgehead atoms. The molecule has 0 saturated carbocycles. The first-order valence-electron chi connectivity index (χ1n) is 8.22. The lowest BCUT2D eigenvalue weighted by Gasteiger charge is -2.22. The summed E-state index contributed by atoms with van der Waals surface area (Å²) in [5.41, 5.74) is 3.27. The molecule has 132 valence electrons. The van der Waals surface area contributed by atoms with E-state index in [1.54, 1.807) is 0 Å². The molecule has 3 heterocycles. The molecule has 0 radical (unpaired) electrons. The minimum Gasteiger partial charge on any atom is -0.356 e. The van der Waals surface area contributed by atoms with Crippen molar-refractivity contribution >= 4 is 27.5 Å². The largest absolute Gasteiger partial charge is 0.356 e. The van der Waals surface area contributed by atoms with E-state index in [4.69, 9.17) is 0 Å². The SMILES string of the molecule is CN=C(NCCc1cn2ccccc2n1)N(C)Cc1cc(Br)cn1C. The van der Waals surface area contributed by atoms with Gasteiger partial charge in [-0.15, -0.1) is 0 Å². The average Bonchev–Trinajstić information content (AvgIpc) is 3.13. The maximum Gasteiger partial charge on any atom is 0.193 e. The van der Waals surface area contributed by atoms with E-state index in [9.17, 15) is 0 Å². The minimum atomic E-state index is 0.788. The number of imidazole rings is 1. The van der Waals surface area contributed by atoms with Gasteiger partial charge in [-0.25, -0.2) is 4.98 Å². The van der Waals surface area contributed by atoms with Crippen LogP contribution >= 0.6 is 15.9 Å². The van der Waals surface area contributed by atoms with E-state index < -0.39 is 0 Å². The zero-order valence-corrected chi connectivity index (χ0v) is 16.4. The van der Waals surface area contributed by atoms with Gasteiger partial charge in [0.1, 0.15) is 5.65 Å². The summed E-state index contributed by atoms with van der Waals surface area (Å²) in [6, 6.07) is 8.15. The Morgan fingerprint density at radius 2 is 2.20 bits per heavy atom. The van der Waals surface area contributed by atoms with Crippen molar-refractivity contribution < 1.29 is 0 Å². The van der Waals surface area contributed by atoms with Gasteiger partial charge >= 0.3 is 0 Å². The van der Waals surface area contributed by atoms with E-state index in [0.29, 0.717) is 0 Å². The highest BCUT2D eigenvalue weighted by atomic mass is 79.9. The van der Waals surface area contributed by atoms with Crippen molar-refractivity contribution in [3.05, 3.63) is 58.7 Å². The fourth-order valence-electron chi connectivity index (χ4n) is 2.84.